The van der Waals surface area contributed by atoms with Gasteiger partial charge in [-0.25, -0.2) is 4.39 Å². The Balaban J connectivity index is 1.91. The summed E-state index contributed by atoms with van der Waals surface area (Å²) in [6, 6.07) is 6.39. The molecule has 1 aromatic carbocycles. The number of rotatable bonds is 1. The number of nitrogens with one attached hydrogen (secondary N) is 1. The molecule has 0 spiro atoms. The minimum absolute atomic E-state index is 0.135. The summed E-state index contributed by atoms with van der Waals surface area (Å²) in [6.45, 7) is 4.08. The van der Waals surface area contributed by atoms with Gasteiger partial charge < -0.3 is 10.2 Å². The average Bonchev–Trinajstić information content (AvgIpc) is 2.77. The lowest BCUT2D eigenvalue weighted by Crippen LogP contribution is -2.55. The monoisotopic (exact) mass is 234 g/mol. The molecule has 17 heavy (non-hydrogen) atoms. The fourth-order valence-electron chi connectivity index (χ4n) is 3.33. The Morgan fingerprint density at radius 3 is 3.06 bits per heavy atom. The smallest absolute Gasteiger partial charge is 0.123 e. The maximum Gasteiger partial charge on any atom is 0.123 e. The van der Waals surface area contributed by atoms with Crippen molar-refractivity contribution in [3.8, 4) is 0 Å². The molecule has 0 bridgehead atoms. The first-order valence-electron chi connectivity index (χ1n) is 6.52. The molecule has 0 radical (unpaired) electrons. The molecule has 3 rings (SSSR count). The number of aryl methyl sites for hydroxylation is 1. The first kappa shape index (κ1) is 11.0. The second-order valence-electron chi connectivity index (χ2n) is 5.18. The minimum Gasteiger partial charge on any atom is -0.365 e. The molecule has 1 aliphatic carbocycles. The van der Waals surface area contributed by atoms with E-state index >= 15 is 0 Å². The van der Waals surface area contributed by atoms with Crippen LogP contribution >= 0.6 is 0 Å². The fourth-order valence-corrected chi connectivity index (χ4v) is 3.33. The van der Waals surface area contributed by atoms with Crippen LogP contribution in [0.4, 0.5) is 10.1 Å². The molecule has 3 heteroatoms. The Morgan fingerprint density at radius 1 is 1.35 bits per heavy atom. The van der Waals surface area contributed by atoms with Crippen LogP contribution in [-0.4, -0.2) is 25.2 Å². The van der Waals surface area contributed by atoms with Gasteiger partial charge in [0.05, 0.1) is 0 Å². The SMILES string of the molecule is Cc1cc(F)ccc1N1CCN[C@H]2CCC[C@H]21. The number of fused-ring (bicyclic) bond motifs is 1. The highest BCUT2D eigenvalue weighted by atomic mass is 19.1. The lowest BCUT2D eigenvalue weighted by atomic mass is 10.0. The number of hydrogen-bond acceptors (Lipinski definition) is 2. The van der Waals surface area contributed by atoms with Crippen molar-refractivity contribution in [2.75, 3.05) is 18.0 Å². The van der Waals surface area contributed by atoms with Gasteiger partial charge in [-0.05, 0) is 49.9 Å². The highest BCUT2D eigenvalue weighted by Gasteiger charge is 2.35. The summed E-state index contributed by atoms with van der Waals surface area (Å²) in [6.07, 6.45) is 3.84. The molecule has 2 nitrogen and oxygen atoms in total. The van der Waals surface area contributed by atoms with Crippen molar-refractivity contribution in [1.29, 1.82) is 0 Å². The summed E-state index contributed by atoms with van der Waals surface area (Å²) in [7, 11) is 0. The van der Waals surface area contributed by atoms with Gasteiger partial charge >= 0.3 is 0 Å². The van der Waals surface area contributed by atoms with Gasteiger partial charge in [-0.3, -0.25) is 0 Å². The van der Waals surface area contributed by atoms with E-state index in [0.717, 1.165) is 18.7 Å². The van der Waals surface area contributed by atoms with E-state index in [9.17, 15) is 4.39 Å². The molecule has 2 atom stereocenters. The Kier molecular flexibility index (Phi) is 2.79. The summed E-state index contributed by atoms with van der Waals surface area (Å²) in [5.41, 5.74) is 2.27. The zero-order valence-electron chi connectivity index (χ0n) is 10.2. The van der Waals surface area contributed by atoms with Crippen molar-refractivity contribution in [2.45, 2.75) is 38.3 Å². The van der Waals surface area contributed by atoms with Gasteiger partial charge in [-0.15, -0.1) is 0 Å². The number of benzene rings is 1. The van der Waals surface area contributed by atoms with Gasteiger partial charge in [0, 0.05) is 30.9 Å². The topological polar surface area (TPSA) is 15.3 Å². The van der Waals surface area contributed by atoms with Gasteiger partial charge in [0.2, 0.25) is 0 Å². The van der Waals surface area contributed by atoms with Crippen LogP contribution < -0.4 is 10.2 Å². The summed E-state index contributed by atoms with van der Waals surface area (Å²) >= 11 is 0. The van der Waals surface area contributed by atoms with E-state index in [1.54, 1.807) is 12.1 Å². The van der Waals surface area contributed by atoms with Crippen molar-refractivity contribution in [3.63, 3.8) is 0 Å². The third-order valence-electron chi connectivity index (χ3n) is 4.11. The van der Waals surface area contributed by atoms with Crippen molar-refractivity contribution < 1.29 is 4.39 Å². The second-order valence-corrected chi connectivity index (χ2v) is 5.18. The van der Waals surface area contributed by atoms with Crippen LogP contribution in [0.3, 0.4) is 0 Å². The van der Waals surface area contributed by atoms with Crippen molar-refractivity contribution in [3.05, 3.63) is 29.6 Å². The highest BCUT2D eigenvalue weighted by Crippen LogP contribution is 2.32. The third kappa shape index (κ3) is 1.93. The van der Waals surface area contributed by atoms with Crippen LogP contribution in [-0.2, 0) is 0 Å². The fraction of sp³-hybridized carbons (Fsp3) is 0.571. The Hall–Kier alpha value is -1.09. The first-order valence-corrected chi connectivity index (χ1v) is 6.52. The van der Waals surface area contributed by atoms with E-state index in [-0.39, 0.29) is 5.82 Å². The molecular weight excluding hydrogens is 215 g/mol. The molecule has 1 heterocycles. The van der Waals surface area contributed by atoms with Crippen LogP contribution in [0.25, 0.3) is 0 Å². The molecule has 0 aromatic heterocycles. The normalized spacial score (nSPS) is 28.2. The molecule has 1 saturated heterocycles. The molecule has 92 valence electrons. The molecule has 2 fully saturated rings. The van der Waals surface area contributed by atoms with E-state index < -0.39 is 0 Å². The van der Waals surface area contributed by atoms with E-state index in [2.05, 4.69) is 10.2 Å². The summed E-state index contributed by atoms with van der Waals surface area (Å²) in [5, 5.41) is 3.60. The van der Waals surface area contributed by atoms with Crippen LogP contribution in [0.5, 0.6) is 0 Å². The maximum absolute atomic E-state index is 13.2. The van der Waals surface area contributed by atoms with E-state index in [4.69, 9.17) is 0 Å². The largest absolute Gasteiger partial charge is 0.365 e. The Morgan fingerprint density at radius 2 is 2.24 bits per heavy atom. The van der Waals surface area contributed by atoms with Crippen molar-refractivity contribution in [1.82, 2.24) is 5.32 Å². The number of nitrogens with zero attached hydrogens (tertiary/aromatic N) is 1. The first-order chi connectivity index (χ1) is 8.25. The second kappa shape index (κ2) is 4.30. The van der Waals surface area contributed by atoms with Gasteiger partial charge in [0.1, 0.15) is 5.82 Å². The summed E-state index contributed by atoms with van der Waals surface area (Å²) in [5.74, 6) is -0.135. The van der Waals surface area contributed by atoms with Gasteiger partial charge in [-0.1, -0.05) is 0 Å². The van der Waals surface area contributed by atoms with E-state index in [0.29, 0.717) is 12.1 Å². The Labute approximate surface area is 102 Å². The molecule has 1 aliphatic heterocycles. The van der Waals surface area contributed by atoms with E-state index in [1.165, 1.54) is 24.9 Å². The molecule has 1 N–H and O–H groups in total. The molecule has 0 unspecified atom stereocenters. The molecule has 1 saturated carbocycles. The number of piperazine rings is 1. The average molecular weight is 234 g/mol. The lowest BCUT2D eigenvalue weighted by Gasteiger charge is -2.40. The number of halogens is 1. The predicted octanol–water partition coefficient (Wildman–Crippen LogP) is 2.46. The van der Waals surface area contributed by atoms with Gasteiger partial charge in [-0.2, -0.15) is 0 Å². The molecule has 1 aromatic rings. The van der Waals surface area contributed by atoms with Gasteiger partial charge in [0.15, 0.2) is 0 Å². The Bertz CT molecular complexity index is 419. The standard InChI is InChI=1S/C14H19FN2/c1-10-9-11(15)5-6-13(10)17-8-7-16-12-3-2-4-14(12)17/h5-6,9,12,14,16H,2-4,7-8H2,1H3/t12-,14+/m0/s1. The quantitative estimate of drug-likeness (QED) is 0.803. The summed E-state index contributed by atoms with van der Waals surface area (Å²) in [4.78, 5) is 2.48. The van der Waals surface area contributed by atoms with Gasteiger partial charge in [0.25, 0.3) is 0 Å². The molecular formula is C14H19FN2. The number of anilines is 1. The summed E-state index contributed by atoms with van der Waals surface area (Å²) < 4.78 is 13.2. The third-order valence-corrected chi connectivity index (χ3v) is 4.11. The zero-order valence-corrected chi connectivity index (χ0v) is 10.2. The van der Waals surface area contributed by atoms with Crippen LogP contribution in [0.2, 0.25) is 0 Å². The van der Waals surface area contributed by atoms with Crippen LogP contribution in [0, 0.1) is 12.7 Å². The van der Waals surface area contributed by atoms with Crippen molar-refractivity contribution in [2.24, 2.45) is 0 Å². The minimum atomic E-state index is -0.135. The highest BCUT2D eigenvalue weighted by molar-refractivity contribution is 5.55. The lowest BCUT2D eigenvalue weighted by molar-refractivity contribution is 0.403. The molecule has 2 aliphatic rings. The number of hydrogen-bond donors (Lipinski definition) is 1. The van der Waals surface area contributed by atoms with Crippen LogP contribution in [0.1, 0.15) is 24.8 Å². The van der Waals surface area contributed by atoms with Crippen LogP contribution in [0.15, 0.2) is 18.2 Å². The van der Waals surface area contributed by atoms with E-state index in [1.807, 2.05) is 13.0 Å². The maximum atomic E-state index is 13.2. The zero-order chi connectivity index (χ0) is 11.8. The predicted molar refractivity (Wildman–Crippen MR) is 67.9 cm³/mol. The van der Waals surface area contributed by atoms with Crippen molar-refractivity contribution >= 4 is 5.69 Å². The molecule has 0 amide bonds.